The molecule has 3 heterocycles. The van der Waals surface area contributed by atoms with Gasteiger partial charge in [-0.2, -0.15) is 0 Å². The van der Waals surface area contributed by atoms with Gasteiger partial charge in [0.05, 0.1) is 25.5 Å². The third-order valence-electron chi connectivity index (χ3n) is 4.40. The van der Waals surface area contributed by atoms with E-state index in [4.69, 9.17) is 13.9 Å². The van der Waals surface area contributed by atoms with Gasteiger partial charge >= 0.3 is 0 Å². The van der Waals surface area contributed by atoms with E-state index in [1.165, 1.54) is 6.26 Å². The predicted molar refractivity (Wildman–Crippen MR) is 83.8 cm³/mol. The number of furan rings is 1. The van der Waals surface area contributed by atoms with E-state index in [1.807, 2.05) is 23.1 Å². The number of nitrogens with zero attached hydrogens (tertiary/aromatic N) is 1. The number of hydrogen-bond donors (Lipinski definition) is 0. The van der Waals surface area contributed by atoms with Crippen LogP contribution in [0.25, 0.3) is 0 Å². The minimum atomic E-state index is -0.0513. The first-order valence-corrected chi connectivity index (χ1v) is 8.07. The second-order valence-electron chi connectivity index (χ2n) is 5.89. The molecule has 5 heteroatoms. The highest BCUT2D eigenvalue weighted by Gasteiger charge is 2.32. The van der Waals surface area contributed by atoms with Crippen LogP contribution in [-0.4, -0.2) is 30.6 Å². The molecule has 5 nitrogen and oxygen atoms in total. The maximum absolute atomic E-state index is 12.6. The third-order valence-corrected chi connectivity index (χ3v) is 4.40. The van der Waals surface area contributed by atoms with E-state index in [-0.39, 0.29) is 11.9 Å². The van der Waals surface area contributed by atoms with Crippen molar-refractivity contribution in [3.05, 3.63) is 47.9 Å². The molecule has 120 valence electrons. The summed E-state index contributed by atoms with van der Waals surface area (Å²) in [6.07, 6.45) is 4.36. The standard InChI is InChI=1S/C18H19NO4/c20-18(16-5-2-9-22-16)19-8-1-4-14(19)13-6-7-15-17(12-13)23-11-3-10-21-15/h2,5-7,9,12,14H,1,3-4,8,10-11H2/t14-/m1/s1. The highest BCUT2D eigenvalue weighted by Crippen LogP contribution is 2.38. The highest BCUT2D eigenvalue weighted by atomic mass is 16.5. The fourth-order valence-corrected chi connectivity index (χ4v) is 3.29. The largest absolute Gasteiger partial charge is 0.490 e. The van der Waals surface area contributed by atoms with Crippen molar-refractivity contribution >= 4 is 5.91 Å². The van der Waals surface area contributed by atoms with Gasteiger partial charge in [-0.15, -0.1) is 0 Å². The molecule has 2 aliphatic rings. The predicted octanol–water partition coefficient (Wildman–Crippen LogP) is 3.42. The van der Waals surface area contributed by atoms with Gasteiger partial charge in [0, 0.05) is 13.0 Å². The first-order valence-electron chi connectivity index (χ1n) is 8.07. The normalized spacial score (nSPS) is 20.3. The van der Waals surface area contributed by atoms with E-state index in [2.05, 4.69) is 0 Å². The Balaban J connectivity index is 1.61. The maximum atomic E-state index is 12.6. The molecule has 4 rings (SSSR count). The topological polar surface area (TPSA) is 51.9 Å². The molecule has 1 amide bonds. The van der Waals surface area contributed by atoms with Crippen molar-refractivity contribution in [1.29, 1.82) is 0 Å². The highest BCUT2D eigenvalue weighted by molar-refractivity contribution is 5.92. The Morgan fingerprint density at radius 3 is 2.78 bits per heavy atom. The second-order valence-corrected chi connectivity index (χ2v) is 5.89. The summed E-state index contributed by atoms with van der Waals surface area (Å²) in [7, 11) is 0. The van der Waals surface area contributed by atoms with Gasteiger partial charge in [0.1, 0.15) is 0 Å². The van der Waals surface area contributed by atoms with Crippen LogP contribution >= 0.6 is 0 Å². The molecular weight excluding hydrogens is 294 g/mol. The number of fused-ring (bicyclic) bond motifs is 1. The summed E-state index contributed by atoms with van der Waals surface area (Å²) in [4.78, 5) is 14.5. The zero-order valence-electron chi connectivity index (χ0n) is 12.9. The molecule has 2 aliphatic heterocycles. The summed E-state index contributed by atoms with van der Waals surface area (Å²) in [5, 5.41) is 0. The van der Waals surface area contributed by atoms with Crippen LogP contribution in [0.2, 0.25) is 0 Å². The van der Waals surface area contributed by atoms with Crippen LogP contribution in [0.3, 0.4) is 0 Å². The number of likely N-dealkylation sites (tertiary alicyclic amines) is 1. The fraction of sp³-hybridized carbons (Fsp3) is 0.389. The number of ether oxygens (including phenoxy) is 2. The van der Waals surface area contributed by atoms with Gasteiger partial charge in [-0.3, -0.25) is 4.79 Å². The molecule has 0 N–H and O–H groups in total. The van der Waals surface area contributed by atoms with Crippen molar-refractivity contribution in [3.8, 4) is 11.5 Å². The second kappa shape index (κ2) is 5.99. The quantitative estimate of drug-likeness (QED) is 0.852. The average Bonchev–Trinajstić information content (AvgIpc) is 3.22. The number of hydrogen-bond acceptors (Lipinski definition) is 4. The Bertz CT molecular complexity index is 695. The Labute approximate surface area is 134 Å². The lowest BCUT2D eigenvalue weighted by Crippen LogP contribution is -2.30. The molecule has 1 saturated heterocycles. The lowest BCUT2D eigenvalue weighted by molar-refractivity contribution is 0.0703. The van der Waals surface area contributed by atoms with Gasteiger partial charge in [0.15, 0.2) is 17.3 Å². The van der Waals surface area contributed by atoms with Crippen LogP contribution in [0.4, 0.5) is 0 Å². The zero-order chi connectivity index (χ0) is 15.6. The molecule has 1 aromatic heterocycles. The van der Waals surface area contributed by atoms with Crippen LogP contribution in [0.15, 0.2) is 41.0 Å². The molecule has 0 unspecified atom stereocenters. The van der Waals surface area contributed by atoms with Gasteiger partial charge < -0.3 is 18.8 Å². The van der Waals surface area contributed by atoms with Crippen LogP contribution in [0.5, 0.6) is 11.5 Å². The smallest absolute Gasteiger partial charge is 0.290 e. The molecule has 0 bridgehead atoms. The molecule has 0 aliphatic carbocycles. The number of rotatable bonds is 2. The monoisotopic (exact) mass is 313 g/mol. The average molecular weight is 313 g/mol. The molecule has 0 saturated carbocycles. The van der Waals surface area contributed by atoms with Crippen LogP contribution in [0.1, 0.15) is 41.4 Å². The van der Waals surface area contributed by atoms with Crippen LogP contribution < -0.4 is 9.47 Å². The molecule has 0 spiro atoms. The van der Waals surface area contributed by atoms with Crippen molar-refractivity contribution in [1.82, 2.24) is 4.90 Å². The Kier molecular flexibility index (Phi) is 3.69. The van der Waals surface area contributed by atoms with Gasteiger partial charge in [-0.25, -0.2) is 0 Å². The number of benzene rings is 1. The first kappa shape index (κ1) is 14.2. The number of amides is 1. The molecule has 2 aromatic rings. The summed E-state index contributed by atoms with van der Waals surface area (Å²) < 4.78 is 16.7. The van der Waals surface area contributed by atoms with E-state index in [1.54, 1.807) is 12.1 Å². The molecule has 0 radical (unpaired) electrons. The van der Waals surface area contributed by atoms with Crippen molar-refractivity contribution in [2.24, 2.45) is 0 Å². The Morgan fingerprint density at radius 1 is 1.09 bits per heavy atom. The summed E-state index contributed by atoms with van der Waals surface area (Å²) >= 11 is 0. The lowest BCUT2D eigenvalue weighted by atomic mass is 10.0. The zero-order valence-corrected chi connectivity index (χ0v) is 12.9. The van der Waals surface area contributed by atoms with Crippen molar-refractivity contribution < 1.29 is 18.7 Å². The fourth-order valence-electron chi connectivity index (χ4n) is 3.29. The minimum Gasteiger partial charge on any atom is -0.490 e. The van der Waals surface area contributed by atoms with Gasteiger partial charge in [0.2, 0.25) is 0 Å². The van der Waals surface area contributed by atoms with E-state index in [9.17, 15) is 4.79 Å². The molecule has 1 atom stereocenters. The van der Waals surface area contributed by atoms with E-state index in [0.29, 0.717) is 19.0 Å². The SMILES string of the molecule is O=C(c1ccco1)N1CCC[C@@H]1c1ccc2c(c1)OCCCO2. The van der Waals surface area contributed by atoms with Gasteiger partial charge in [0.25, 0.3) is 5.91 Å². The van der Waals surface area contributed by atoms with E-state index < -0.39 is 0 Å². The Morgan fingerprint density at radius 2 is 1.96 bits per heavy atom. The Hall–Kier alpha value is -2.43. The minimum absolute atomic E-state index is 0.0513. The molecule has 1 fully saturated rings. The molecular formula is C18H19NO4. The summed E-state index contributed by atoms with van der Waals surface area (Å²) in [5.41, 5.74) is 1.09. The van der Waals surface area contributed by atoms with E-state index >= 15 is 0 Å². The van der Waals surface area contributed by atoms with Crippen molar-refractivity contribution in [3.63, 3.8) is 0 Å². The molecule has 1 aromatic carbocycles. The first-order chi connectivity index (χ1) is 11.3. The number of carbonyl (C=O) groups excluding carboxylic acids is 1. The lowest BCUT2D eigenvalue weighted by Gasteiger charge is -2.24. The maximum Gasteiger partial charge on any atom is 0.290 e. The van der Waals surface area contributed by atoms with Crippen LogP contribution in [-0.2, 0) is 0 Å². The van der Waals surface area contributed by atoms with E-state index in [0.717, 1.165) is 42.9 Å². The van der Waals surface area contributed by atoms with Gasteiger partial charge in [-0.05, 0) is 42.7 Å². The van der Waals surface area contributed by atoms with Crippen LogP contribution in [0, 0.1) is 0 Å². The summed E-state index contributed by atoms with van der Waals surface area (Å²) in [5.74, 6) is 1.90. The van der Waals surface area contributed by atoms with Crippen molar-refractivity contribution in [2.45, 2.75) is 25.3 Å². The van der Waals surface area contributed by atoms with Gasteiger partial charge in [-0.1, -0.05) is 6.07 Å². The third kappa shape index (κ3) is 2.67. The molecule has 23 heavy (non-hydrogen) atoms. The van der Waals surface area contributed by atoms with Crippen molar-refractivity contribution in [2.75, 3.05) is 19.8 Å². The summed E-state index contributed by atoms with van der Waals surface area (Å²) in [6.45, 7) is 2.09. The summed E-state index contributed by atoms with van der Waals surface area (Å²) in [6, 6.07) is 9.51. The number of carbonyl (C=O) groups is 1.